The number of carbonyl (C=O) groups is 1. The maximum Gasteiger partial charge on any atom is 0.275 e. The number of nitrogens with one attached hydrogen (secondary N) is 1. The van der Waals surface area contributed by atoms with E-state index in [1.54, 1.807) is 12.1 Å². The van der Waals surface area contributed by atoms with Crippen LogP contribution in [0.1, 0.15) is 14.5 Å². The third-order valence-electron chi connectivity index (χ3n) is 3.17. The van der Waals surface area contributed by atoms with E-state index in [-0.39, 0.29) is 4.21 Å². The lowest BCUT2D eigenvalue weighted by atomic mass is 10.4. The van der Waals surface area contributed by atoms with E-state index in [1.165, 1.54) is 28.7 Å². The first kappa shape index (κ1) is 14.8. The Kier molecular flexibility index (Phi) is 3.30. The molecule has 0 bridgehead atoms. The van der Waals surface area contributed by atoms with Crippen LogP contribution in [0.25, 0.3) is 15.3 Å². The number of sulfonamides is 1. The van der Waals surface area contributed by atoms with Gasteiger partial charge in [0.15, 0.2) is 4.96 Å². The van der Waals surface area contributed by atoms with Crippen molar-refractivity contribution in [1.29, 1.82) is 0 Å². The smallest absolute Gasteiger partial charge is 0.275 e. The van der Waals surface area contributed by atoms with Gasteiger partial charge in [-0.25, -0.2) is 18.1 Å². The van der Waals surface area contributed by atoms with Crippen LogP contribution < -0.4 is 4.72 Å². The van der Waals surface area contributed by atoms with Gasteiger partial charge in [0.25, 0.3) is 15.9 Å². The molecule has 1 N–H and O–H groups in total. The number of thiophene rings is 2. The monoisotopic (exact) mass is 383 g/mol. The molecule has 10 heteroatoms. The van der Waals surface area contributed by atoms with Gasteiger partial charge in [0.05, 0.1) is 10.4 Å². The summed E-state index contributed by atoms with van der Waals surface area (Å²) in [5, 5.41) is 1.91. The maximum atomic E-state index is 12.3. The summed E-state index contributed by atoms with van der Waals surface area (Å²) in [5.74, 6) is -0.636. The summed E-state index contributed by atoms with van der Waals surface area (Å²) in [6.07, 6.45) is 1.87. The molecule has 4 aromatic heterocycles. The summed E-state index contributed by atoms with van der Waals surface area (Å²) < 4.78 is 28.6. The van der Waals surface area contributed by atoms with Gasteiger partial charge >= 0.3 is 0 Å². The van der Waals surface area contributed by atoms with Crippen LogP contribution in [-0.4, -0.2) is 23.7 Å². The van der Waals surface area contributed by atoms with Crippen molar-refractivity contribution in [3.63, 3.8) is 0 Å². The van der Waals surface area contributed by atoms with E-state index in [9.17, 15) is 13.2 Å². The molecule has 0 aliphatic heterocycles. The Morgan fingerprint density at radius 3 is 2.87 bits per heavy atom. The van der Waals surface area contributed by atoms with Crippen LogP contribution in [-0.2, 0) is 10.0 Å². The number of amides is 1. The van der Waals surface area contributed by atoms with Gasteiger partial charge in [0, 0.05) is 16.5 Å². The summed E-state index contributed by atoms with van der Waals surface area (Å²) >= 11 is 3.81. The molecule has 0 radical (unpaired) electrons. The van der Waals surface area contributed by atoms with Gasteiger partial charge in [-0.3, -0.25) is 9.20 Å². The van der Waals surface area contributed by atoms with E-state index in [0.29, 0.717) is 9.71 Å². The summed E-state index contributed by atoms with van der Waals surface area (Å²) in [6.45, 7) is 1.81. The van der Waals surface area contributed by atoms with Crippen LogP contribution >= 0.6 is 34.0 Å². The number of fused-ring (bicyclic) bond motifs is 3. The first-order chi connectivity index (χ1) is 10.9. The van der Waals surface area contributed by atoms with E-state index in [4.69, 9.17) is 0 Å². The molecular weight excluding hydrogens is 374 g/mol. The Labute approximate surface area is 143 Å². The van der Waals surface area contributed by atoms with Crippen molar-refractivity contribution in [1.82, 2.24) is 14.1 Å². The van der Waals surface area contributed by atoms with E-state index >= 15 is 0 Å². The number of aryl methyl sites for hydroxylation is 1. The Balaban J connectivity index is 1.67. The lowest BCUT2D eigenvalue weighted by Gasteiger charge is -2.02. The predicted molar refractivity (Wildman–Crippen MR) is 92.2 cm³/mol. The fourth-order valence-corrected chi connectivity index (χ4v) is 6.15. The molecule has 0 spiro atoms. The highest BCUT2D eigenvalue weighted by Gasteiger charge is 2.22. The number of carbonyl (C=O) groups excluding carboxylic acids is 1. The van der Waals surface area contributed by atoms with Gasteiger partial charge in [-0.1, -0.05) is 0 Å². The van der Waals surface area contributed by atoms with E-state index in [1.807, 2.05) is 22.9 Å². The second-order valence-electron chi connectivity index (χ2n) is 4.77. The fraction of sp³-hybridized carbons (Fsp3) is 0.0769. The molecule has 4 aromatic rings. The van der Waals surface area contributed by atoms with Gasteiger partial charge < -0.3 is 0 Å². The number of thiazole rings is 1. The van der Waals surface area contributed by atoms with Gasteiger partial charge in [-0.15, -0.1) is 34.0 Å². The number of aromatic nitrogens is 2. The quantitative estimate of drug-likeness (QED) is 0.589. The van der Waals surface area contributed by atoms with Crippen molar-refractivity contribution in [3.05, 3.63) is 39.5 Å². The summed E-state index contributed by atoms with van der Waals surface area (Å²) in [7, 11) is -3.84. The molecule has 0 aliphatic rings. The van der Waals surface area contributed by atoms with Gasteiger partial charge in [0.1, 0.15) is 9.04 Å². The third kappa shape index (κ3) is 2.47. The van der Waals surface area contributed by atoms with Gasteiger partial charge in [-0.2, -0.15) is 0 Å². The second-order valence-corrected chi connectivity index (χ2v) is 9.87. The van der Waals surface area contributed by atoms with Gasteiger partial charge in [0.2, 0.25) is 0 Å². The maximum absolute atomic E-state index is 12.3. The zero-order valence-corrected chi connectivity index (χ0v) is 14.9. The predicted octanol–water partition coefficient (Wildman–Crippen LogP) is 3.10. The lowest BCUT2D eigenvalue weighted by molar-refractivity contribution is 0.0985. The SMILES string of the molecule is Cc1ccc(S(=O)(=O)NC(=O)c2cc3c(nc4sccn43)s2)s1. The normalized spacial score (nSPS) is 12.2. The number of hydrogen-bond acceptors (Lipinski definition) is 7. The number of imidazole rings is 1. The Hall–Kier alpha value is -1.75. The molecule has 0 unspecified atom stereocenters. The largest absolute Gasteiger partial charge is 0.289 e. The highest BCUT2D eigenvalue weighted by molar-refractivity contribution is 7.92. The van der Waals surface area contributed by atoms with E-state index in [2.05, 4.69) is 9.71 Å². The molecule has 0 saturated heterocycles. The summed E-state index contributed by atoms with van der Waals surface area (Å²) in [5.41, 5.74) is 0.806. The topological polar surface area (TPSA) is 80.5 Å². The van der Waals surface area contributed by atoms with E-state index < -0.39 is 15.9 Å². The Morgan fingerprint density at radius 2 is 2.13 bits per heavy atom. The molecule has 4 rings (SSSR count). The fourth-order valence-electron chi connectivity index (χ4n) is 2.14. The molecule has 0 atom stereocenters. The van der Waals surface area contributed by atoms with Crippen LogP contribution in [0.5, 0.6) is 0 Å². The first-order valence-electron chi connectivity index (χ1n) is 6.43. The van der Waals surface area contributed by atoms with Crippen molar-refractivity contribution in [2.24, 2.45) is 0 Å². The molecular formula is C13H9N3O3S4. The molecule has 4 heterocycles. The third-order valence-corrected chi connectivity index (χ3v) is 7.77. The average molecular weight is 384 g/mol. The van der Waals surface area contributed by atoms with Crippen LogP contribution in [0.4, 0.5) is 0 Å². The molecule has 0 fully saturated rings. The highest BCUT2D eigenvalue weighted by Crippen LogP contribution is 2.28. The number of rotatable bonds is 3. The van der Waals surface area contributed by atoms with Crippen molar-refractivity contribution >= 4 is 65.2 Å². The minimum absolute atomic E-state index is 0.131. The Morgan fingerprint density at radius 1 is 1.30 bits per heavy atom. The van der Waals surface area contributed by atoms with Crippen molar-refractivity contribution in [2.75, 3.05) is 0 Å². The number of hydrogen-bond donors (Lipinski definition) is 1. The van der Waals surface area contributed by atoms with Crippen LogP contribution in [0.15, 0.2) is 34.0 Å². The summed E-state index contributed by atoms with van der Waals surface area (Å²) in [6, 6.07) is 4.86. The zero-order chi connectivity index (χ0) is 16.2. The first-order valence-corrected chi connectivity index (χ1v) is 10.4. The Bertz CT molecular complexity index is 1150. The molecule has 0 aliphatic carbocycles. The molecule has 6 nitrogen and oxygen atoms in total. The average Bonchev–Trinajstić information content (AvgIpc) is 3.17. The van der Waals surface area contributed by atoms with E-state index in [0.717, 1.165) is 26.7 Å². The highest BCUT2D eigenvalue weighted by atomic mass is 32.2. The van der Waals surface area contributed by atoms with Gasteiger partial charge in [-0.05, 0) is 25.1 Å². The summed E-state index contributed by atoms with van der Waals surface area (Å²) in [4.78, 5) is 19.4. The molecule has 0 aromatic carbocycles. The number of nitrogens with zero attached hydrogens (tertiary/aromatic N) is 2. The molecule has 0 saturated carbocycles. The minimum Gasteiger partial charge on any atom is -0.289 e. The molecule has 1 amide bonds. The van der Waals surface area contributed by atoms with Crippen LogP contribution in [0.2, 0.25) is 0 Å². The van der Waals surface area contributed by atoms with Crippen LogP contribution in [0.3, 0.4) is 0 Å². The lowest BCUT2D eigenvalue weighted by Crippen LogP contribution is -2.29. The zero-order valence-electron chi connectivity index (χ0n) is 11.6. The minimum atomic E-state index is -3.84. The van der Waals surface area contributed by atoms with Crippen LogP contribution in [0, 0.1) is 6.92 Å². The standard InChI is InChI=1S/C13H9N3O3S4/c1-7-2-3-10(21-7)23(18,19)15-11(17)9-6-8-12(22-9)14-13-16(8)4-5-20-13/h2-6H,1H3,(H,15,17). The second kappa shape index (κ2) is 5.13. The van der Waals surface area contributed by atoms with Crippen molar-refractivity contribution < 1.29 is 13.2 Å². The molecule has 118 valence electrons. The molecule has 23 heavy (non-hydrogen) atoms. The van der Waals surface area contributed by atoms with Crippen molar-refractivity contribution in [3.8, 4) is 0 Å². The van der Waals surface area contributed by atoms with Crippen molar-refractivity contribution in [2.45, 2.75) is 11.1 Å².